The Labute approximate surface area is 222 Å². The first-order chi connectivity index (χ1) is 18.9. The predicted molar refractivity (Wildman–Crippen MR) is 166 cm³/mol. The van der Waals surface area contributed by atoms with Crippen LogP contribution in [0.1, 0.15) is 0 Å². The molecule has 0 radical (unpaired) electrons. The van der Waals surface area contributed by atoms with Gasteiger partial charge in [0.2, 0.25) is 0 Å². The smallest absolute Gasteiger partial charge is 0.0626 e. The molecule has 176 valence electrons. The van der Waals surface area contributed by atoms with Gasteiger partial charge < -0.3 is 4.57 Å². The Balaban J connectivity index is 1.65. The van der Waals surface area contributed by atoms with Gasteiger partial charge in [0.15, 0.2) is 0 Å². The molecule has 38 heavy (non-hydrogen) atoms. The SMILES string of the molecule is c1ccc2c(-n3c4ccc5c6ccccc6sc5c4c4c5ccccc5c5ccccc5c43)cccc2c1. The minimum Gasteiger partial charge on any atom is -0.308 e. The monoisotopic (exact) mass is 499 g/mol. The molecule has 9 aromatic rings. The van der Waals surface area contributed by atoms with E-state index in [4.69, 9.17) is 0 Å². The summed E-state index contributed by atoms with van der Waals surface area (Å²) in [6, 6.07) is 46.8. The summed E-state index contributed by atoms with van der Waals surface area (Å²) >= 11 is 1.92. The van der Waals surface area contributed by atoms with E-state index in [2.05, 4.69) is 132 Å². The van der Waals surface area contributed by atoms with E-state index >= 15 is 0 Å². The van der Waals surface area contributed by atoms with Crippen molar-refractivity contribution in [2.24, 2.45) is 0 Å². The van der Waals surface area contributed by atoms with E-state index in [9.17, 15) is 0 Å². The number of rotatable bonds is 1. The van der Waals surface area contributed by atoms with Gasteiger partial charge in [-0.1, -0.05) is 109 Å². The lowest BCUT2D eigenvalue weighted by Crippen LogP contribution is -1.96. The second-order valence-corrected chi connectivity index (χ2v) is 11.1. The molecule has 0 aliphatic carbocycles. The molecule has 0 amide bonds. The van der Waals surface area contributed by atoms with E-state index in [1.54, 1.807) is 0 Å². The molecule has 0 N–H and O–H groups in total. The molecule has 2 heteroatoms. The van der Waals surface area contributed by atoms with Crippen LogP contribution in [-0.4, -0.2) is 4.57 Å². The Kier molecular flexibility index (Phi) is 3.99. The highest BCUT2D eigenvalue weighted by molar-refractivity contribution is 7.26. The molecule has 0 atom stereocenters. The molecule has 0 bridgehead atoms. The van der Waals surface area contributed by atoms with Gasteiger partial charge in [0.1, 0.15) is 0 Å². The molecular weight excluding hydrogens is 478 g/mol. The normalized spacial score (nSPS) is 12.2. The third-order valence-electron chi connectivity index (χ3n) is 8.15. The molecular formula is C36H21NS. The molecule has 0 saturated carbocycles. The van der Waals surface area contributed by atoms with Gasteiger partial charge in [-0.05, 0) is 39.7 Å². The third-order valence-corrected chi connectivity index (χ3v) is 9.36. The van der Waals surface area contributed by atoms with Crippen LogP contribution in [0, 0.1) is 0 Å². The highest BCUT2D eigenvalue weighted by Gasteiger charge is 2.22. The van der Waals surface area contributed by atoms with Crippen LogP contribution in [0.2, 0.25) is 0 Å². The maximum absolute atomic E-state index is 2.53. The van der Waals surface area contributed by atoms with Crippen molar-refractivity contribution in [2.45, 2.75) is 0 Å². The van der Waals surface area contributed by atoms with E-state index in [1.165, 1.54) is 80.0 Å². The number of nitrogens with zero attached hydrogens (tertiary/aromatic N) is 1. The fraction of sp³-hybridized carbons (Fsp3) is 0. The second-order valence-electron chi connectivity index (χ2n) is 10.1. The zero-order chi connectivity index (χ0) is 24.8. The molecule has 0 aliphatic rings. The number of benzene rings is 7. The lowest BCUT2D eigenvalue weighted by molar-refractivity contribution is 1.21. The standard InChI is InChI=1S/C36H21NS/c1-2-12-23-22(10-1)11-9-18-30(23)37-31-21-20-29-26-15-7-8-19-32(26)38-36(29)34(31)33-27-16-5-3-13-24(27)25-14-4-6-17-28(25)35(33)37/h1-21H. The van der Waals surface area contributed by atoms with Gasteiger partial charge in [-0.15, -0.1) is 11.3 Å². The zero-order valence-corrected chi connectivity index (χ0v) is 21.3. The van der Waals surface area contributed by atoms with Gasteiger partial charge in [-0.3, -0.25) is 0 Å². The quantitative estimate of drug-likeness (QED) is 0.198. The number of hydrogen-bond donors (Lipinski definition) is 0. The fourth-order valence-electron chi connectivity index (χ4n) is 6.59. The first kappa shape index (κ1) is 20.4. The Hall–Kier alpha value is -4.66. The number of hydrogen-bond acceptors (Lipinski definition) is 1. The molecule has 9 rings (SSSR count). The number of aromatic nitrogens is 1. The Morgan fingerprint density at radius 1 is 0.421 bits per heavy atom. The largest absolute Gasteiger partial charge is 0.308 e. The van der Waals surface area contributed by atoms with Crippen LogP contribution >= 0.6 is 11.3 Å². The van der Waals surface area contributed by atoms with Crippen LogP contribution in [0.3, 0.4) is 0 Å². The van der Waals surface area contributed by atoms with E-state index in [-0.39, 0.29) is 0 Å². The van der Waals surface area contributed by atoms with Gasteiger partial charge in [0.25, 0.3) is 0 Å². The summed E-state index contributed by atoms with van der Waals surface area (Å²) in [7, 11) is 0. The average Bonchev–Trinajstić information content (AvgIpc) is 3.53. The summed E-state index contributed by atoms with van der Waals surface area (Å²) < 4.78 is 5.24. The molecule has 2 heterocycles. The van der Waals surface area contributed by atoms with Gasteiger partial charge in [0, 0.05) is 41.7 Å². The van der Waals surface area contributed by atoms with Gasteiger partial charge in [-0.2, -0.15) is 0 Å². The minimum atomic E-state index is 1.23. The number of fused-ring (bicyclic) bond motifs is 13. The molecule has 0 unspecified atom stereocenters. The van der Waals surface area contributed by atoms with Gasteiger partial charge in [0.05, 0.1) is 16.7 Å². The van der Waals surface area contributed by atoms with Gasteiger partial charge >= 0.3 is 0 Å². The predicted octanol–water partition coefficient (Wildman–Crippen LogP) is 10.6. The topological polar surface area (TPSA) is 4.93 Å². The van der Waals surface area contributed by atoms with E-state index in [1.807, 2.05) is 11.3 Å². The fourth-order valence-corrected chi connectivity index (χ4v) is 7.84. The lowest BCUT2D eigenvalue weighted by Gasteiger charge is -2.14. The highest BCUT2D eigenvalue weighted by Crippen LogP contribution is 2.48. The lowest BCUT2D eigenvalue weighted by atomic mass is 9.96. The van der Waals surface area contributed by atoms with Crippen LogP contribution in [0.4, 0.5) is 0 Å². The van der Waals surface area contributed by atoms with Crippen LogP contribution in [0.5, 0.6) is 0 Å². The maximum atomic E-state index is 2.53. The second kappa shape index (κ2) is 7.44. The highest BCUT2D eigenvalue weighted by atomic mass is 32.1. The van der Waals surface area contributed by atoms with Crippen molar-refractivity contribution < 1.29 is 0 Å². The summed E-state index contributed by atoms with van der Waals surface area (Å²) in [5, 5.41) is 13.1. The molecule has 2 aromatic heterocycles. The molecule has 1 nitrogen and oxygen atoms in total. The Morgan fingerprint density at radius 3 is 1.89 bits per heavy atom. The average molecular weight is 500 g/mol. The molecule has 0 aliphatic heterocycles. The Bertz CT molecular complexity index is 2400. The first-order valence-electron chi connectivity index (χ1n) is 13.0. The molecule has 0 saturated heterocycles. The first-order valence-corrected chi connectivity index (χ1v) is 13.9. The van der Waals surface area contributed by atoms with Crippen molar-refractivity contribution in [2.75, 3.05) is 0 Å². The molecule has 7 aromatic carbocycles. The summed E-state index contributed by atoms with van der Waals surface area (Å²) in [4.78, 5) is 0. The van der Waals surface area contributed by atoms with Gasteiger partial charge in [-0.25, -0.2) is 0 Å². The minimum absolute atomic E-state index is 1.23. The van der Waals surface area contributed by atoms with Crippen molar-refractivity contribution in [3.63, 3.8) is 0 Å². The third kappa shape index (κ3) is 2.55. The van der Waals surface area contributed by atoms with E-state index in [0.717, 1.165) is 0 Å². The summed E-state index contributed by atoms with van der Waals surface area (Å²) in [5.74, 6) is 0. The zero-order valence-electron chi connectivity index (χ0n) is 20.5. The van der Waals surface area contributed by atoms with Crippen LogP contribution < -0.4 is 0 Å². The Morgan fingerprint density at radius 2 is 1.05 bits per heavy atom. The molecule has 0 spiro atoms. The maximum Gasteiger partial charge on any atom is 0.0626 e. The van der Waals surface area contributed by atoms with Crippen molar-refractivity contribution in [1.29, 1.82) is 0 Å². The summed E-state index contributed by atoms with van der Waals surface area (Å²) in [6.07, 6.45) is 0. The van der Waals surface area contributed by atoms with Crippen molar-refractivity contribution >= 4 is 85.6 Å². The number of thiophene rings is 1. The summed E-state index contributed by atoms with van der Waals surface area (Å²) in [5.41, 5.74) is 3.77. The van der Waals surface area contributed by atoms with Crippen molar-refractivity contribution in [3.05, 3.63) is 127 Å². The molecule has 0 fully saturated rings. The van der Waals surface area contributed by atoms with Crippen LogP contribution in [0.15, 0.2) is 127 Å². The van der Waals surface area contributed by atoms with Crippen LogP contribution in [-0.2, 0) is 0 Å². The summed E-state index contributed by atoms with van der Waals surface area (Å²) in [6.45, 7) is 0. The van der Waals surface area contributed by atoms with Crippen molar-refractivity contribution in [3.8, 4) is 5.69 Å². The van der Waals surface area contributed by atoms with Crippen molar-refractivity contribution in [1.82, 2.24) is 4.57 Å². The van der Waals surface area contributed by atoms with Crippen LogP contribution in [0.25, 0.3) is 80.0 Å². The van der Waals surface area contributed by atoms with E-state index in [0.29, 0.717) is 0 Å². The van der Waals surface area contributed by atoms with E-state index < -0.39 is 0 Å².